The zero-order valence-electron chi connectivity index (χ0n) is 22.1. The Bertz CT molecular complexity index is 720. The fourth-order valence-electron chi connectivity index (χ4n) is 10.1. The van der Waals surface area contributed by atoms with Gasteiger partial charge in [-0.3, -0.25) is 0 Å². The number of rotatable bonds is 3. The largest absolute Gasteiger partial charge is 0.393 e. The average Bonchev–Trinajstić information content (AvgIpc) is 2.67. The third-order valence-electron chi connectivity index (χ3n) is 12.5. The van der Waals surface area contributed by atoms with Gasteiger partial charge in [-0.2, -0.15) is 0 Å². The lowest BCUT2D eigenvalue weighted by Gasteiger charge is -2.72. The van der Waals surface area contributed by atoms with Gasteiger partial charge in [0.1, 0.15) is 0 Å². The van der Waals surface area contributed by atoms with Crippen LogP contribution in [0.2, 0.25) is 0 Å². The summed E-state index contributed by atoms with van der Waals surface area (Å²) >= 11 is 0. The first-order chi connectivity index (χ1) is 14.3. The van der Waals surface area contributed by atoms with Crippen molar-refractivity contribution >= 4 is 0 Å². The van der Waals surface area contributed by atoms with Crippen molar-refractivity contribution in [1.82, 2.24) is 0 Å². The second-order valence-corrected chi connectivity index (χ2v) is 14.4. The molecule has 1 N–H and O–H groups in total. The fraction of sp³-hybridized carbons (Fsp3) is 0.933. The van der Waals surface area contributed by atoms with Crippen LogP contribution >= 0.6 is 0 Å². The quantitative estimate of drug-likeness (QED) is 0.446. The Morgan fingerprint density at radius 3 is 2.23 bits per heavy atom. The number of hydrogen-bond acceptors (Lipinski definition) is 1. The van der Waals surface area contributed by atoms with Crippen LogP contribution in [-0.2, 0) is 0 Å². The van der Waals surface area contributed by atoms with E-state index < -0.39 is 0 Å². The minimum atomic E-state index is -0.0814. The van der Waals surface area contributed by atoms with E-state index in [0.29, 0.717) is 33.0 Å². The standard InChI is InChI=1S/C30H52O/c1-21(2)10-9-14-26(4)16-19-30(8)25-13-15-28(6)22(3)23(31)11-12-24(28)29(25,7)18-17-27(30,5)20-26/h10,22-25,31H,9,11-20H2,1-8H3/t22-,23-,24+,25-,26+,27-,28+,29-,30+/m0/s1. The Hall–Kier alpha value is -0.300. The van der Waals surface area contributed by atoms with Crippen molar-refractivity contribution in [1.29, 1.82) is 0 Å². The molecule has 0 aliphatic heterocycles. The average molecular weight is 429 g/mol. The molecule has 0 radical (unpaired) electrons. The molecule has 0 bridgehead atoms. The number of fused-ring (bicyclic) bond motifs is 5. The predicted molar refractivity (Wildman–Crippen MR) is 133 cm³/mol. The molecule has 4 saturated carbocycles. The maximum absolute atomic E-state index is 10.7. The van der Waals surface area contributed by atoms with Crippen LogP contribution < -0.4 is 0 Å². The smallest absolute Gasteiger partial charge is 0.0571 e. The lowest BCUT2D eigenvalue weighted by atomic mass is 9.33. The van der Waals surface area contributed by atoms with Gasteiger partial charge in [0, 0.05) is 0 Å². The van der Waals surface area contributed by atoms with E-state index >= 15 is 0 Å². The van der Waals surface area contributed by atoms with E-state index in [9.17, 15) is 5.11 Å². The summed E-state index contributed by atoms with van der Waals surface area (Å²) < 4.78 is 0. The molecule has 0 amide bonds. The molecule has 4 rings (SSSR count). The van der Waals surface area contributed by atoms with Gasteiger partial charge < -0.3 is 5.11 Å². The summed E-state index contributed by atoms with van der Waals surface area (Å²) in [7, 11) is 0. The van der Waals surface area contributed by atoms with Crippen molar-refractivity contribution in [3.8, 4) is 0 Å². The van der Waals surface area contributed by atoms with Crippen molar-refractivity contribution in [2.45, 2.75) is 132 Å². The number of aliphatic hydroxyl groups excluding tert-OH is 1. The molecule has 1 nitrogen and oxygen atoms in total. The van der Waals surface area contributed by atoms with Gasteiger partial charge in [0.05, 0.1) is 6.10 Å². The normalized spacial score (nSPS) is 54.4. The minimum Gasteiger partial charge on any atom is -0.393 e. The summed E-state index contributed by atoms with van der Waals surface area (Å²) in [6.45, 7) is 20.1. The maximum Gasteiger partial charge on any atom is 0.0571 e. The van der Waals surface area contributed by atoms with E-state index in [2.05, 4.69) is 61.5 Å². The number of hydrogen-bond donors (Lipinski definition) is 1. The Balaban J connectivity index is 1.60. The monoisotopic (exact) mass is 428 g/mol. The van der Waals surface area contributed by atoms with Gasteiger partial charge in [0.2, 0.25) is 0 Å². The zero-order chi connectivity index (χ0) is 22.9. The summed E-state index contributed by atoms with van der Waals surface area (Å²) in [5, 5.41) is 10.7. The Morgan fingerprint density at radius 1 is 0.839 bits per heavy atom. The molecule has 31 heavy (non-hydrogen) atoms. The van der Waals surface area contributed by atoms with E-state index in [1.54, 1.807) is 0 Å². The molecular formula is C30H52O. The first-order valence-corrected chi connectivity index (χ1v) is 13.6. The van der Waals surface area contributed by atoms with Gasteiger partial charge in [-0.15, -0.1) is 0 Å². The van der Waals surface area contributed by atoms with E-state index in [-0.39, 0.29) is 6.10 Å². The second kappa shape index (κ2) is 7.61. The highest BCUT2D eigenvalue weighted by Gasteiger charge is 2.67. The molecule has 0 saturated heterocycles. The molecule has 9 atom stereocenters. The molecule has 0 spiro atoms. The van der Waals surface area contributed by atoms with Crippen LogP contribution in [0, 0.1) is 44.8 Å². The molecule has 0 heterocycles. The molecule has 1 heteroatoms. The first kappa shape index (κ1) is 23.8. The van der Waals surface area contributed by atoms with E-state index in [1.807, 2.05) is 0 Å². The summed E-state index contributed by atoms with van der Waals surface area (Å²) in [6.07, 6.45) is 17.1. The van der Waals surface area contributed by atoms with Crippen LogP contribution in [0.1, 0.15) is 126 Å². The Labute approximate surface area is 193 Å². The molecule has 4 aliphatic rings. The number of allylic oxidation sites excluding steroid dienone is 2. The lowest BCUT2D eigenvalue weighted by Crippen LogP contribution is -2.65. The molecule has 0 aromatic rings. The highest BCUT2D eigenvalue weighted by Crippen LogP contribution is 2.75. The number of aliphatic hydroxyl groups is 1. The van der Waals surface area contributed by atoms with Crippen molar-refractivity contribution in [2.75, 3.05) is 0 Å². The maximum atomic E-state index is 10.7. The molecule has 0 aromatic carbocycles. The van der Waals surface area contributed by atoms with Crippen molar-refractivity contribution < 1.29 is 5.11 Å². The van der Waals surface area contributed by atoms with Crippen LogP contribution in [0.4, 0.5) is 0 Å². The minimum absolute atomic E-state index is 0.0814. The molecule has 178 valence electrons. The SMILES string of the molecule is CC(C)=CCC[C@]1(C)CC[C@]2(C)[C@H]3CC[C@@]4(C)[C@@H](CC[C@H](O)[C@@H]4C)[C@]3(C)CC[C@@]2(C)C1. The summed E-state index contributed by atoms with van der Waals surface area (Å²) in [6, 6.07) is 0. The van der Waals surface area contributed by atoms with Crippen LogP contribution in [0.5, 0.6) is 0 Å². The predicted octanol–water partition coefficient (Wildman–Crippen LogP) is 8.56. The van der Waals surface area contributed by atoms with Gasteiger partial charge in [0.25, 0.3) is 0 Å². The van der Waals surface area contributed by atoms with Crippen molar-refractivity contribution in [2.24, 2.45) is 44.8 Å². The van der Waals surface area contributed by atoms with Crippen LogP contribution in [0.25, 0.3) is 0 Å². The third-order valence-corrected chi connectivity index (χ3v) is 12.5. The second-order valence-electron chi connectivity index (χ2n) is 14.4. The van der Waals surface area contributed by atoms with Crippen molar-refractivity contribution in [3.63, 3.8) is 0 Å². The molecule has 4 aliphatic carbocycles. The zero-order valence-corrected chi connectivity index (χ0v) is 22.1. The van der Waals surface area contributed by atoms with Crippen LogP contribution in [-0.4, -0.2) is 11.2 Å². The van der Waals surface area contributed by atoms with E-state index in [0.717, 1.165) is 18.3 Å². The highest BCUT2D eigenvalue weighted by atomic mass is 16.3. The van der Waals surface area contributed by atoms with E-state index in [4.69, 9.17) is 0 Å². The lowest BCUT2D eigenvalue weighted by molar-refractivity contribution is -0.235. The molecule has 0 aromatic heterocycles. The van der Waals surface area contributed by atoms with Crippen LogP contribution in [0.15, 0.2) is 11.6 Å². The van der Waals surface area contributed by atoms with Crippen molar-refractivity contribution in [3.05, 3.63) is 11.6 Å². The van der Waals surface area contributed by atoms with Gasteiger partial charge in [-0.05, 0) is 129 Å². The van der Waals surface area contributed by atoms with Gasteiger partial charge >= 0.3 is 0 Å². The van der Waals surface area contributed by atoms with Gasteiger partial charge in [-0.1, -0.05) is 53.2 Å². The third kappa shape index (κ3) is 3.50. The topological polar surface area (TPSA) is 20.2 Å². The van der Waals surface area contributed by atoms with Gasteiger partial charge in [-0.25, -0.2) is 0 Å². The highest BCUT2D eigenvalue weighted by molar-refractivity contribution is 5.17. The molecular weight excluding hydrogens is 376 g/mol. The molecule has 0 unspecified atom stereocenters. The summed E-state index contributed by atoms with van der Waals surface area (Å²) in [5.74, 6) is 2.11. The van der Waals surface area contributed by atoms with E-state index in [1.165, 1.54) is 69.8 Å². The Morgan fingerprint density at radius 2 is 1.55 bits per heavy atom. The Kier molecular flexibility index (Phi) is 5.85. The fourth-order valence-corrected chi connectivity index (χ4v) is 10.1. The van der Waals surface area contributed by atoms with Gasteiger partial charge in [0.15, 0.2) is 0 Å². The molecule has 4 fully saturated rings. The summed E-state index contributed by atoms with van der Waals surface area (Å²) in [4.78, 5) is 0. The summed E-state index contributed by atoms with van der Waals surface area (Å²) in [5.41, 5.74) is 3.76. The van der Waals surface area contributed by atoms with Crippen LogP contribution in [0.3, 0.4) is 0 Å². The first-order valence-electron chi connectivity index (χ1n) is 13.6.